The first-order valence-corrected chi connectivity index (χ1v) is 10.7. The highest BCUT2D eigenvalue weighted by Crippen LogP contribution is 2.44. The molecular formula is C23H25F3N4O3. The summed E-state index contributed by atoms with van der Waals surface area (Å²) >= 11 is 0. The van der Waals surface area contributed by atoms with E-state index >= 15 is 0 Å². The lowest BCUT2D eigenvalue weighted by atomic mass is 9.73. The zero-order valence-electron chi connectivity index (χ0n) is 18.4. The number of fused-ring (bicyclic) bond motifs is 1. The molecule has 0 aliphatic carbocycles. The van der Waals surface area contributed by atoms with Crippen molar-refractivity contribution in [3.8, 4) is 6.07 Å². The lowest BCUT2D eigenvalue weighted by Gasteiger charge is -2.43. The second kappa shape index (κ2) is 8.37. The third-order valence-electron chi connectivity index (χ3n) is 7.10. The molecule has 0 unspecified atom stereocenters. The van der Waals surface area contributed by atoms with Gasteiger partial charge in [0.2, 0.25) is 5.91 Å². The fraction of sp³-hybridized carbons (Fsp3) is 0.522. The Balaban J connectivity index is 1.53. The van der Waals surface area contributed by atoms with Gasteiger partial charge >= 0.3 is 6.18 Å². The molecule has 2 saturated heterocycles. The van der Waals surface area contributed by atoms with Gasteiger partial charge in [-0.05, 0) is 38.5 Å². The van der Waals surface area contributed by atoms with Crippen molar-refractivity contribution >= 4 is 11.6 Å². The minimum atomic E-state index is -4.62. The van der Waals surface area contributed by atoms with Crippen LogP contribution in [0.2, 0.25) is 0 Å². The van der Waals surface area contributed by atoms with E-state index in [0.29, 0.717) is 49.7 Å². The average Bonchev–Trinajstić information content (AvgIpc) is 3.33. The topological polar surface area (TPSA) is 93.6 Å². The van der Waals surface area contributed by atoms with Crippen molar-refractivity contribution < 1.29 is 27.6 Å². The summed E-state index contributed by atoms with van der Waals surface area (Å²) in [7, 11) is 0. The molecule has 1 N–H and O–H groups in total. The van der Waals surface area contributed by atoms with Crippen LogP contribution in [-0.2, 0) is 17.4 Å². The van der Waals surface area contributed by atoms with Crippen molar-refractivity contribution in [2.24, 2.45) is 11.3 Å². The Labute approximate surface area is 189 Å². The smallest absolute Gasteiger partial charge is 0.396 e. The van der Waals surface area contributed by atoms with E-state index in [1.54, 1.807) is 24.8 Å². The number of aliphatic hydroxyl groups is 1. The summed E-state index contributed by atoms with van der Waals surface area (Å²) in [5, 5.41) is 23.1. The van der Waals surface area contributed by atoms with E-state index in [9.17, 15) is 23.1 Å². The van der Waals surface area contributed by atoms with Gasteiger partial charge in [0, 0.05) is 48.8 Å². The van der Waals surface area contributed by atoms with Crippen LogP contribution in [0.1, 0.15) is 34.6 Å². The molecule has 4 rings (SSSR count). The molecule has 2 aliphatic rings. The molecule has 10 heteroatoms. The number of nitrogens with zero attached hydrogens (tertiary/aromatic N) is 4. The summed E-state index contributed by atoms with van der Waals surface area (Å²) < 4.78 is 45.4. The summed E-state index contributed by atoms with van der Waals surface area (Å²) in [5.41, 5.74) is -0.0410. The van der Waals surface area contributed by atoms with E-state index in [4.69, 9.17) is 9.78 Å². The second-order valence-corrected chi connectivity index (χ2v) is 9.01. The maximum Gasteiger partial charge on any atom is 0.417 e. The molecular weight excluding hydrogens is 437 g/mol. The minimum absolute atomic E-state index is 0.0871. The second-order valence-electron chi connectivity index (χ2n) is 9.01. The van der Waals surface area contributed by atoms with Gasteiger partial charge in [0.25, 0.3) is 0 Å². The highest BCUT2D eigenvalue weighted by Gasteiger charge is 2.50. The van der Waals surface area contributed by atoms with Gasteiger partial charge in [0.05, 0.1) is 35.9 Å². The van der Waals surface area contributed by atoms with Gasteiger partial charge in [0.15, 0.2) is 0 Å². The van der Waals surface area contributed by atoms with E-state index in [0.717, 1.165) is 11.6 Å². The van der Waals surface area contributed by atoms with Crippen LogP contribution in [0, 0.1) is 36.5 Å². The molecule has 1 aromatic carbocycles. The third-order valence-corrected chi connectivity index (χ3v) is 7.10. The number of carbonyl (C=O) groups excluding carboxylic acids is 1. The number of nitriles is 1. The zero-order valence-corrected chi connectivity index (χ0v) is 18.4. The van der Waals surface area contributed by atoms with Gasteiger partial charge in [-0.1, -0.05) is 5.16 Å². The standard InChI is InChI=1S/C23H25F3N4O3/c1-14-19(15(2)33-28-14)8-21(32)30-11-17-10-29(6-5-22(17,12-30)13-31)18-4-3-16(9-27)20(7-18)23(24,25)26/h3-4,7,17,31H,5-6,8,10-13H2,1-2H3/t17-,22+/m1/s1. The van der Waals surface area contributed by atoms with Crippen LogP contribution < -0.4 is 4.90 Å². The molecule has 0 spiro atoms. The van der Waals surface area contributed by atoms with Crippen LogP contribution >= 0.6 is 0 Å². The Hall–Kier alpha value is -3.06. The highest BCUT2D eigenvalue weighted by atomic mass is 19.4. The molecule has 2 aliphatic heterocycles. The first-order valence-electron chi connectivity index (χ1n) is 10.7. The van der Waals surface area contributed by atoms with Crippen LogP contribution in [-0.4, -0.2) is 53.9 Å². The average molecular weight is 462 g/mol. The maximum absolute atomic E-state index is 13.4. The number of hydrogen-bond donors (Lipinski definition) is 1. The van der Waals surface area contributed by atoms with Gasteiger partial charge in [0.1, 0.15) is 5.76 Å². The molecule has 1 amide bonds. The van der Waals surface area contributed by atoms with Crippen molar-refractivity contribution in [1.82, 2.24) is 10.1 Å². The number of hydrogen-bond acceptors (Lipinski definition) is 6. The Morgan fingerprint density at radius 2 is 2.12 bits per heavy atom. The lowest BCUT2D eigenvalue weighted by molar-refractivity contribution is -0.137. The SMILES string of the molecule is Cc1noc(C)c1CC(=O)N1C[C@H]2CN(c3ccc(C#N)c(C(F)(F)F)c3)CC[C@@]2(CO)C1. The monoisotopic (exact) mass is 462 g/mol. The number of aliphatic hydroxyl groups excluding tert-OH is 1. The number of likely N-dealkylation sites (tertiary alicyclic amines) is 1. The predicted molar refractivity (Wildman–Crippen MR) is 112 cm³/mol. The summed E-state index contributed by atoms with van der Waals surface area (Å²) in [6.07, 6.45) is -3.92. The van der Waals surface area contributed by atoms with Crippen molar-refractivity contribution in [3.05, 3.63) is 46.3 Å². The number of alkyl halides is 3. The predicted octanol–water partition coefficient (Wildman–Crippen LogP) is 3.07. The molecule has 1 aromatic heterocycles. The Bertz CT molecular complexity index is 1090. The summed E-state index contributed by atoms with van der Waals surface area (Å²) in [6.45, 7) is 5.13. The quantitative estimate of drug-likeness (QED) is 0.751. The number of rotatable bonds is 4. The minimum Gasteiger partial charge on any atom is -0.396 e. The van der Waals surface area contributed by atoms with Gasteiger partial charge in [-0.3, -0.25) is 4.79 Å². The normalized spacial score (nSPS) is 22.9. The molecule has 33 heavy (non-hydrogen) atoms. The molecule has 0 saturated carbocycles. The fourth-order valence-electron chi connectivity index (χ4n) is 5.04. The lowest BCUT2D eigenvalue weighted by Crippen LogP contribution is -2.49. The molecule has 7 nitrogen and oxygen atoms in total. The third kappa shape index (κ3) is 4.17. The van der Waals surface area contributed by atoms with Crippen molar-refractivity contribution in [2.75, 3.05) is 37.7 Å². The first kappa shape index (κ1) is 23.1. The van der Waals surface area contributed by atoms with Gasteiger partial charge in [-0.2, -0.15) is 18.4 Å². The van der Waals surface area contributed by atoms with E-state index < -0.39 is 22.7 Å². The summed E-state index contributed by atoms with van der Waals surface area (Å²) in [4.78, 5) is 16.6. The number of halogens is 3. The van der Waals surface area contributed by atoms with Gasteiger partial charge < -0.3 is 19.4 Å². The molecule has 2 atom stereocenters. The van der Waals surface area contributed by atoms with E-state index in [-0.39, 0.29) is 24.9 Å². The van der Waals surface area contributed by atoms with Crippen LogP contribution in [0.25, 0.3) is 0 Å². The number of piperidine rings is 1. The van der Waals surface area contributed by atoms with Crippen molar-refractivity contribution in [2.45, 2.75) is 32.9 Å². The molecule has 3 heterocycles. The number of benzene rings is 1. The van der Waals surface area contributed by atoms with Crippen LogP contribution in [0.15, 0.2) is 22.7 Å². The van der Waals surface area contributed by atoms with E-state index in [1.165, 1.54) is 12.1 Å². The van der Waals surface area contributed by atoms with Crippen LogP contribution in [0.4, 0.5) is 18.9 Å². The zero-order chi connectivity index (χ0) is 24.0. The Morgan fingerprint density at radius 1 is 1.36 bits per heavy atom. The largest absolute Gasteiger partial charge is 0.417 e. The molecule has 0 radical (unpaired) electrons. The van der Waals surface area contributed by atoms with Crippen LogP contribution in [0.5, 0.6) is 0 Å². The van der Waals surface area contributed by atoms with Crippen molar-refractivity contribution in [1.29, 1.82) is 5.26 Å². The van der Waals surface area contributed by atoms with E-state index in [2.05, 4.69) is 5.16 Å². The van der Waals surface area contributed by atoms with E-state index in [1.807, 2.05) is 4.90 Å². The number of carbonyl (C=O) groups is 1. The number of anilines is 1. The number of aromatic nitrogens is 1. The maximum atomic E-state index is 13.4. The summed E-state index contributed by atoms with van der Waals surface area (Å²) in [6, 6.07) is 5.33. The first-order chi connectivity index (χ1) is 15.6. The Morgan fingerprint density at radius 3 is 2.73 bits per heavy atom. The molecule has 0 bridgehead atoms. The van der Waals surface area contributed by atoms with Gasteiger partial charge in [-0.25, -0.2) is 0 Å². The number of aryl methyl sites for hydroxylation is 2. The summed E-state index contributed by atoms with van der Waals surface area (Å²) in [5.74, 6) is 0.424. The fourth-order valence-corrected chi connectivity index (χ4v) is 5.04. The molecule has 2 fully saturated rings. The highest BCUT2D eigenvalue weighted by molar-refractivity contribution is 5.79. The van der Waals surface area contributed by atoms with Crippen LogP contribution in [0.3, 0.4) is 0 Å². The Kier molecular flexibility index (Phi) is 5.86. The number of amides is 1. The molecule has 2 aromatic rings. The van der Waals surface area contributed by atoms with Crippen molar-refractivity contribution in [3.63, 3.8) is 0 Å². The van der Waals surface area contributed by atoms with Gasteiger partial charge in [-0.15, -0.1) is 0 Å². The molecule has 176 valence electrons.